The van der Waals surface area contributed by atoms with Crippen LogP contribution in [-0.4, -0.2) is 75.2 Å². The van der Waals surface area contributed by atoms with Crippen molar-refractivity contribution in [1.82, 2.24) is 24.4 Å². The summed E-state index contributed by atoms with van der Waals surface area (Å²) in [6, 6.07) is 8.54. The Hall–Kier alpha value is -4.76. The molecule has 0 saturated carbocycles. The first-order valence-corrected chi connectivity index (χ1v) is 15.1. The summed E-state index contributed by atoms with van der Waals surface area (Å²) >= 11 is 6.48. The molecular formula is C32H29ClF2N8O2. The second kappa shape index (κ2) is 11.6. The Morgan fingerprint density at radius 1 is 1.16 bits per heavy atom. The Kier molecular flexibility index (Phi) is 7.49. The summed E-state index contributed by atoms with van der Waals surface area (Å²) in [4.78, 5) is 35.8. The van der Waals surface area contributed by atoms with Crippen LogP contribution in [0.5, 0.6) is 6.01 Å². The SMILES string of the molecule is [C-]#[N+]C[C@H]1CN(c2nc(OC3Cc4nccn4C3)nc3c2CCN(c2cccc4ccc(F)c(Cl)c24)C3)CCN1C(=O)C(=C)F. The van der Waals surface area contributed by atoms with Crippen LogP contribution in [-0.2, 0) is 30.7 Å². The molecule has 13 heteroatoms. The summed E-state index contributed by atoms with van der Waals surface area (Å²) in [6.45, 7) is 13.2. The van der Waals surface area contributed by atoms with E-state index in [9.17, 15) is 13.6 Å². The van der Waals surface area contributed by atoms with Gasteiger partial charge in [-0.25, -0.2) is 20.3 Å². The predicted octanol–water partition coefficient (Wildman–Crippen LogP) is 4.60. The third-order valence-corrected chi connectivity index (χ3v) is 9.11. The van der Waals surface area contributed by atoms with Gasteiger partial charge in [-0.2, -0.15) is 9.97 Å². The standard InChI is InChI=1S/C32H29ClF2N8O2/c1-19(34)31(44)43-13-12-42(16-21(43)15-36-2)30-23-8-10-40(26-5-3-4-20-6-7-24(35)29(33)28(20)26)18-25(23)38-32(39-30)45-22-14-27-37-9-11-41(27)17-22/h3-7,9,11,21-22H,1,8,10,12-18H2/t21-,22?/m0/s1. The average molecular weight is 631 g/mol. The van der Waals surface area contributed by atoms with E-state index >= 15 is 0 Å². The number of nitrogens with zero attached hydrogens (tertiary/aromatic N) is 8. The number of halogens is 3. The number of hydrogen-bond donors (Lipinski definition) is 0. The molecule has 10 nitrogen and oxygen atoms in total. The lowest BCUT2D eigenvalue weighted by molar-refractivity contribution is -0.131. The number of ether oxygens (including phenoxy) is 1. The van der Waals surface area contributed by atoms with Crippen molar-refractivity contribution in [3.63, 3.8) is 0 Å². The maximum atomic E-state index is 14.6. The monoisotopic (exact) mass is 630 g/mol. The predicted molar refractivity (Wildman–Crippen MR) is 165 cm³/mol. The van der Waals surface area contributed by atoms with Crippen molar-refractivity contribution in [2.75, 3.05) is 42.5 Å². The highest BCUT2D eigenvalue weighted by Crippen LogP contribution is 2.38. The van der Waals surface area contributed by atoms with Gasteiger partial charge in [-0.05, 0) is 23.9 Å². The zero-order valence-electron chi connectivity index (χ0n) is 24.3. The van der Waals surface area contributed by atoms with Crippen LogP contribution in [0.25, 0.3) is 15.6 Å². The van der Waals surface area contributed by atoms with Gasteiger partial charge in [-0.1, -0.05) is 36.4 Å². The zero-order valence-corrected chi connectivity index (χ0v) is 25.1. The number of piperazine rings is 1. The first kappa shape index (κ1) is 29.0. The van der Waals surface area contributed by atoms with E-state index in [1.165, 1.54) is 11.0 Å². The topological polar surface area (TPSA) is 84.0 Å². The van der Waals surface area contributed by atoms with Crippen molar-refractivity contribution in [2.45, 2.75) is 38.1 Å². The molecular weight excluding hydrogens is 602 g/mol. The van der Waals surface area contributed by atoms with Gasteiger partial charge < -0.3 is 28.8 Å². The first-order valence-electron chi connectivity index (χ1n) is 14.7. The minimum absolute atomic E-state index is 0.0197. The third kappa shape index (κ3) is 5.31. The second-order valence-electron chi connectivity index (χ2n) is 11.4. The first-order chi connectivity index (χ1) is 21.8. The van der Waals surface area contributed by atoms with Crippen LogP contribution >= 0.6 is 11.6 Å². The minimum atomic E-state index is -1.04. The number of carbonyl (C=O) groups is 1. The van der Waals surface area contributed by atoms with Crippen molar-refractivity contribution in [3.8, 4) is 6.01 Å². The molecule has 7 rings (SSSR count). The molecule has 45 heavy (non-hydrogen) atoms. The zero-order chi connectivity index (χ0) is 31.2. The summed E-state index contributed by atoms with van der Waals surface area (Å²) in [7, 11) is 0. The van der Waals surface area contributed by atoms with Crippen LogP contribution in [0, 0.1) is 12.4 Å². The van der Waals surface area contributed by atoms with Crippen LogP contribution < -0.4 is 14.5 Å². The number of hydrogen-bond acceptors (Lipinski definition) is 7. The fourth-order valence-corrected chi connectivity index (χ4v) is 6.88. The molecule has 1 fully saturated rings. The number of fused-ring (bicyclic) bond motifs is 3. The number of carbonyl (C=O) groups excluding carboxylic acids is 1. The van der Waals surface area contributed by atoms with Gasteiger partial charge >= 0.3 is 6.01 Å². The lowest BCUT2D eigenvalue weighted by atomic mass is 10.0. The smallest absolute Gasteiger partial charge is 0.319 e. The molecule has 1 unspecified atom stereocenters. The van der Waals surface area contributed by atoms with Gasteiger partial charge in [0.05, 0.1) is 23.8 Å². The van der Waals surface area contributed by atoms with E-state index in [-0.39, 0.29) is 30.2 Å². The van der Waals surface area contributed by atoms with Gasteiger partial charge in [0.2, 0.25) is 6.54 Å². The Morgan fingerprint density at radius 2 is 2.02 bits per heavy atom. The molecule has 0 spiro atoms. The normalized spacial score (nSPS) is 19.3. The van der Waals surface area contributed by atoms with E-state index < -0.39 is 23.6 Å². The molecule has 2 aromatic heterocycles. The average Bonchev–Trinajstić information content (AvgIpc) is 3.64. The highest BCUT2D eigenvalue weighted by atomic mass is 35.5. The van der Waals surface area contributed by atoms with Gasteiger partial charge in [-0.15, -0.1) is 0 Å². The van der Waals surface area contributed by atoms with Gasteiger partial charge in [0.15, 0.2) is 5.83 Å². The summed E-state index contributed by atoms with van der Waals surface area (Å²) < 4.78 is 36.8. The summed E-state index contributed by atoms with van der Waals surface area (Å²) in [5, 5.41) is 1.56. The van der Waals surface area contributed by atoms with Crippen molar-refractivity contribution in [2.24, 2.45) is 0 Å². The van der Waals surface area contributed by atoms with Crippen LogP contribution in [0.3, 0.4) is 0 Å². The van der Waals surface area contributed by atoms with E-state index in [0.29, 0.717) is 56.8 Å². The van der Waals surface area contributed by atoms with Crippen LogP contribution in [0.2, 0.25) is 5.02 Å². The number of rotatable bonds is 6. The fraction of sp³-hybridized carbons (Fsp3) is 0.344. The Bertz CT molecular complexity index is 1850. The molecule has 4 aromatic rings. The Balaban J connectivity index is 1.24. The lowest BCUT2D eigenvalue weighted by Crippen LogP contribution is -2.57. The number of benzene rings is 2. The lowest BCUT2D eigenvalue weighted by Gasteiger charge is -2.41. The van der Waals surface area contributed by atoms with Crippen molar-refractivity contribution in [3.05, 3.63) is 94.5 Å². The molecule has 3 aliphatic rings. The Labute approximate surface area is 263 Å². The maximum Gasteiger partial charge on any atom is 0.319 e. The molecule has 0 radical (unpaired) electrons. The molecule has 3 aliphatic heterocycles. The molecule has 230 valence electrons. The van der Waals surface area contributed by atoms with Crippen LogP contribution in [0.15, 0.2) is 55.1 Å². The number of imidazole rings is 1. The van der Waals surface area contributed by atoms with E-state index in [1.54, 1.807) is 12.3 Å². The molecule has 0 bridgehead atoms. The molecule has 0 aliphatic carbocycles. The molecule has 1 amide bonds. The van der Waals surface area contributed by atoms with Gasteiger partial charge in [0.1, 0.15) is 29.6 Å². The quantitative estimate of drug-likeness (QED) is 0.227. The summed E-state index contributed by atoms with van der Waals surface area (Å²) in [6.07, 6.45) is 4.69. The third-order valence-electron chi connectivity index (χ3n) is 8.74. The van der Waals surface area contributed by atoms with Crippen LogP contribution in [0.1, 0.15) is 17.1 Å². The maximum absolute atomic E-state index is 14.6. The molecule has 2 atom stereocenters. The van der Waals surface area contributed by atoms with Crippen molar-refractivity contribution >= 4 is 39.8 Å². The molecule has 1 saturated heterocycles. The Morgan fingerprint density at radius 3 is 2.82 bits per heavy atom. The van der Waals surface area contributed by atoms with Crippen molar-refractivity contribution in [1.29, 1.82) is 0 Å². The van der Waals surface area contributed by atoms with E-state index in [0.717, 1.165) is 28.2 Å². The van der Waals surface area contributed by atoms with E-state index in [1.807, 2.05) is 33.9 Å². The number of amides is 1. The summed E-state index contributed by atoms with van der Waals surface area (Å²) in [5.41, 5.74) is 2.51. The highest BCUT2D eigenvalue weighted by Gasteiger charge is 2.37. The van der Waals surface area contributed by atoms with Crippen LogP contribution in [0.4, 0.5) is 20.3 Å². The second-order valence-corrected chi connectivity index (χ2v) is 11.8. The van der Waals surface area contributed by atoms with Gasteiger partial charge in [0, 0.05) is 61.6 Å². The van der Waals surface area contributed by atoms with Gasteiger partial charge in [0.25, 0.3) is 5.91 Å². The largest absolute Gasteiger partial charge is 0.458 e. The number of aromatic nitrogens is 4. The fourth-order valence-electron chi connectivity index (χ4n) is 6.61. The van der Waals surface area contributed by atoms with E-state index in [4.69, 9.17) is 32.9 Å². The van der Waals surface area contributed by atoms with E-state index in [2.05, 4.69) is 21.3 Å². The molecule has 2 aromatic carbocycles. The highest BCUT2D eigenvalue weighted by molar-refractivity contribution is 6.36. The number of anilines is 2. The van der Waals surface area contributed by atoms with Gasteiger partial charge in [-0.3, -0.25) is 4.79 Å². The molecule has 0 N–H and O–H groups in total. The van der Waals surface area contributed by atoms with Crippen molar-refractivity contribution < 1.29 is 18.3 Å². The minimum Gasteiger partial charge on any atom is -0.458 e. The summed E-state index contributed by atoms with van der Waals surface area (Å²) in [5.74, 6) is -0.709. The molecule has 5 heterocycles.